The molecule has 0 bridgehead atoms. The van der Waals surface area contributed by atoms with Crippen LogP contribution < -0.4 is 5.32 Å². The lowest BCUT2D eigenvalue weighted by Crippen LogP contribution is -2.14. The number of hydrogen-bond donors (Lipinski definition) is 1. The Kier molecular flexibility index (Phi) is 3.02. The molecule has 0 unspecified atom stereocenters. The van der Waals surface area contributed by atoms with Crippen molar-refractivity contribution in [2.75, 3.05) is 6.54 Å². The summed E-state index contributed by atoms with van der Waals surface area (Å²) in [5, 5.41) is 3.93. The number of para-hydroxylation sites is 1. The molecule has 0 aliphatic rings. The molecule has 3 nitrogen and oxygen atoms in total. The van der Waals surface area contributed by atoms with E-state index in [0.717, 1.165) is 25.9 Å². The van der Waals surface area contributed by atoms with Gasteiger partial charge in [0.2, 0.25) is 6.41 Å². The molecule has 0 aliphatic carbocycles. The Hall–Kier alpha value is -1.77. The number of aryl methyl sites for hydroxylation is 1. The SMILES string of the molecule is O=CNCCCn1ccc2ccccc21. The van der Waals surface area contributed by atoms with Crippen LogP contribution in [0, 0.1) is 0 Å². The van der Waals surface area contributed by atoms with Gasteiger partial charge in [-0.15, -0.1) is 0 Å². The Balaban J connectivity index is 2.05. The van der Waals surface area contributed by atoms with Gasteiger partial charge < -0.3 is 9.88 Å². The minimum absolute atomic E-state index is 0.732. The largest absolute Gasteiger partial charge is 0.359 e. The molecule has 0 fully saturated rings. The molecule has 15 heavy (non-hydrogen) atoms. The molecular formula is C12H14N2O. The maximum absolute atomic E-state index is 10.1. The van der Waals surface area contributed by atoms with Crippen molar-refractivity contribution in [3.63, 3.8) is 0 Å². The average Bonchev–Trinajstić information content (AvgIpc) is 2.68. The molecule has 0 saturated heterocycles. The van der Waals surface area contributed by atoms with Gasteiger partial charge in [-0.2, -0.15) is 0 Å². The molecule has 0 aliphatic heterocycles. The Bertz CT molecular complexity index is 448. The van der Waals surface area contributed by atoms with Crippen molar-refractivity contribution >= 4 is 17.3 Å². The van der Waals surface area contributed by atoms with Gasteiger partial charge in [-0.1, -0.05) is 18.2 Å². The van der Waals surface area contributed by atoms with E-state index in [-0.39, 0.29) is 0 Å². The molecule has 1 N–H and O–H groups in total. The number of carbonyl (C=O) groups is 1. The highest BCUT2D eigenvalue weighted by molar-refractivity contribution is 5.79. The fraction of sp³-hybridized carbons (Fsp3) is 0.250. The molecule has 78 valence electrons. The smallest absolute Gasteiger partial charge is 0.207 e. The number of aromatic nitrogens is 1. The van der Waals surface area contributed by atoms with Crippen molar-refractivity contribution in [3.8, 4) is 0 Å². The number of fused-ring (bicyclic) bond motifs is 1. The van der Waals surface area contributed by atoms with Crippen molar-refractivity contribution in [2.24, 2.45) is 0 Å². The summed E-state index contributed by atoms with van der Waals surface area (Å²) in [6, 6.07) is 10.4. The second kappa shape index (κ2) is 4.64. The van der Waals surface area contributed by atoms with Gasteiger partial charge in [0, 0.05) is 24.8 Å². The van der Waals surface area contributed by atoms with Crippen LogP contribution in [-0.2, 0) is 11.3 Å². The second-order valence-electron chi connectivity index (χ2n) is 3.49. The number of rotatable bonds is 5. The lowest BCUT2D eigenvalue weighted by atomic mass is 10.2. The Labute approximate surface area is 88.7 Å². The number of nitrogens with zero attached hydrogens (tertiary/aromatic N) is 1. The van der Waals surface area contributed by atoms with Crippen molar-refractivity contribution < 1.29 is 4.79 Å². The quantitative estimate of drug-likeness (QED) is 0.582. The van der Waals surface area contributed by atoms with E-state index in [1.54, 1.807) is 0 Å². The van der Waals surface area contributed by atoms with Gasteiger partial charge in [-0.3, -0.25) is 4.79 Å². The number of nitrogens with one attached hydrogen (secondary N) is 1. The van der Waals surface area contributed by atoms with Gasteiger partial charge in [-0.25, -0.2) is 0 Å². The van der Waals surface area contributed by atoms with Crippen LogP contribution in [0.2, 0.25) is 0 Å². The molecule has 2 aromatic rings. The normalized spacial score (nSPS) is 10.4. The predicted octanol–water partition coefficient (Wildman–Crippen LogP) is 1.78. The first-order chi connectivity index (χ1) is 7.42. The standard InChI is InChI=1S/C12H14N2O/c15-10-13-7-3-8-14-9-6-11-4-1-2-5-12(11)14/h1-2,4-6,9-10H,3,7-8H2,(H,13,15). The number of benzene rings is 1. The van der Waals surface area contributed by atoms with Gasteiger partial charge in [-0.05, 0) is 23.9 Å². The highest BCUT2D eigenvalue weighted by atomic mass is 16.1. The molecule has 0 atom stereocenters. The monoisotopic (exact) mass is 202 g/mol. The molecule has 2 rings (SSSR count). The van der Waals surface area contributed by atoms with Crippen LogP contribution in [-0.4, -0.2) is 17.5 Å². The van der Waals surface area contributed by atoms with Crippen LogP contribution >= 0.6 is 0 Å². The fourth-order valence-electron chi connectivity index (χ4n) is 1.75. The van der Waals surface area contributed by atoms with Crippen molar-refractivity contribution in [1.82, 2.24) is 9.88 Å². The van der Waals surface area contributed by atoms with Gasteiger partial charge in [0.1, 0.15) is 0 Å². The minimum atomic E-state index is 0.732. The summed E-state index contributed by atoms with van der Waals surface area (Å²) in [7, 11) is 0. The summed E-state index contributed by atoms with van der Waals surface area (Å²) >= 11 is 0. The average molecular weight is 202 g/mol. The Morgan fingerprint density at radius 3 is 3.00 bits per heavy atom. The molecule has 3 heteroatoms. The molecular weight excluding hydrogens is 188 g/mol. The Morgan fingerprint density at radius 2 is 2.13 bits per heavy atom. The maximum Gasteiger partial charge on any atom is 0.207 e. The van der Waals surface area contributed by atoms with Crippen molar-refractivity contribution in [2.45, 2.75) is 13.0 Å². The first-order valence-corrected chi connectivity index (χ1v) is 5.13. The number of amides is 1. The minimum Gasteiger partial charge on any atom is -0.359 e. The zero-order valence-electron chi connectivity index (χ0n) is 8.52. The molecule has 1 aromatic carbocycles. The van der Waals surface area contributed by atoms with Crippen molar-refractivity contribution in [3.05, 3.63) is 36.5 Å². The van der Waals surface area contributed by atoms with E-state index in [1.807, 2.05) is 12.1 Å². The third-order valence-corrected chi connectivity index (χ3v) is 2.48. The van der Waals surface area contributed by atoms with Crippen LogP contribution in [0.15, 0.2) is 36.5 Å². The number of hydrogen-bond acceptors (Lipinski definition) is 1. The van der Waals surface area contributed by atoms with Crippen LogP contribution in [0.25, 0.3) is 10.9 Å². The van der Waals surface area contributed by atoms with E-state index >= 15 is 0 Å². The van der Waals surface area contributed by atoms with E-state index in [2.05, 4.69) is 34.3 Å². The van der Waals surface area contributed by atoms with Gasteiger partial charge >= 0.3 is 0 Å². The van der Waals surface area contributed by atoms with Crippen LogP contribution in [0.4, 0.5) is 0 Å². The first-order valence-electron chi connectivity index (χ1n) is 5.13. The highest BCUT2D eigenvalue weighted by Gasteiger charge is 1.98. The summed E-state index contributed by atoms with van der Waals surface area (Å²) < 4.78 is 2.21. The van der Waals surface area contributed by atoms with E-state index < -0.39 is 0 Å². The molecule has 1 aromatic heterocycles. The zero-order valence-corrected chi connectivity index (χ0v) is 8.52. The summed E-state index contributed by atoms with van der Waals surface area (Å²) in [6.45, 7) is 1.67. The van der Waals surface area contributed by atoms with Gasteiger partial charge in [0.05, 0.1) is 0 Å². The summed E-state index contributed by atoms with van der Waals surface area (Å²) in [4.78, 5) is 10.1. The van der Waals surface area contributed by atoms with Crippen LogP contribution in [0.1, 0.15) is 6.42 Å². The van der Waals surface area contributed by atoms with E-state index in [0.29, 0.717) is 0 Å². The summed E-state index contributed by atoms with van der Waals surface area (Å²) in [5.41, 5.74) is 1.25. The lowest BCUT2D eigenvalue weighted by molar-refractivity contribution is -0.109. The predicted molar refractivity (Wildman–Crippen MR) is 60.6 cm³/mol. The first kappa shape index (κ1) is 9.77. The Morgan fingerprint density at radius 1 is 1.27 bits per heavy atom. The molecule has 1 heterocycles. The maximum atomic E-state index is 10.1. The molecule has 0 saturated carbocycles. The van der Waals surface area contributed by atoms with Gasteiger partial charge in [0.15, 0.2) is 0 Å². The van der Waals surface area contributed by atoms with E-state index in [9.17, 15) is 4.79 Å². The third-order valence-electron chi connectivity index (χ3n) is 2.48. The van der Waals surface area contributed by atoms with Crippen molar-refractivity contribution in [1.29, 1.82) is 0 Å². The molecule has 1 amide bonds. The molecule has 0 spiro atoms. The lowest BCUT2D eigenvalue weighted by Gasteiger charge is -2.04. The summed E-state index contributed by atoms with van der Waals surface area (Å²) in [5.74, 6) is 0. The summed E-state index contributed by atoms with van der Waals surface area (Å²) in [6.07, 6.45) is 3.79. The molecule has 0 radical (unpaired) electrons. The number of carbonyl (C=O) groups excluding carboxylic acids is 1. The van der Waals surface area contributed by atoms with E-state index in [4.69, 9.17) is 0 Å². The van der Waals surface area contributed by atoms with E-state index in [1.165, 1.54) is 10.9 Å². The third kappa shape index (κ3) is 2.18. The topological polar surface area (TPSA) is 34.0 Å². The van der Waals surface area contributed by atoms with Crippen LogP contribution in [0.5, 0.6) is 0 Å². The zero-order chi connectivity index (χ0) is 10.5. The second-order valence-corrected chi connectivity index (χ2v) is 3.49. The fourth-order valence-corrected chi connectivity index (χ4v) is 1.75. The highest BCUT2D eigenvalue weighted by Crippen LogP contribution is 2.14. The van der Waals surface area contributed by atoms with Gasteiger partial charge in [0.25, 0.3) is 0 Å². The van der Waals surface area contributed by atoms with Crippen LogP contribution in [0.3, 0.4) is 0 Å².